The third-order valence-corrected chi connectivity index (χ3v) is 2.05. The van der Waals surface area contributed by atoms with E-state index in [9.17, 15) is 0 Å². The summed E-state index contributed by atoms with van der Waals surface area (Å²) in [5, 5.41) is 0. The molecule has 1 heterocycles. The molecule has 1 heteroatoms. The number of rotatable bonds is 1. The van der Waals surface area contributed by atoms with Gasteiger partial charge in [-0.25, -0.2) is 0 Å². The van der Waals surface area contributed by atoms with Crippen LogP contribution in [0.15, 0.2) is 54.9 Å². The van der Waals surface area contributed by atoms with Gasteiger partial charge in [-0.2, -0.15) is 4.57 Å². The molecule has 64 valence electrons. The lowest BCUT2D eigenvalue weighted by Crippen LogP contribution is -2.28. The zero-order valence-corrected chi connectivity index (χ0v) is 7.64. The van der Waals surface area contributed by atoms with E-state index in [1.165, 1.54) is 11.3 Å². The predicted octanol–water partition coefficient (Wildman–Crippen LogP) is 2.27. The van der Waals surface area contributed by atoms with Crippen LogP contribution < -0.4 is 4.57 Å². The molecule has 0 saturated carbocycles. The Labute approximate surface area is 78.3 Å². The molecule has 0 fully saturated rings. The molecule has 0 spiro atoms. The fourth-order valence-electron chi connectivity index (χ4n) is 1.29. The van der Waals surface area contributed by atoms with Gasteiger partial charge in [-0.1, -0.05) is 23.8 Å². The molecule has 1 aromatic carbocycles. The summed E-state index contributed by atoms with van der Waals surface area (Å²) >= 11 is 0. The van der Waals surface area contributed by atoms with Crippen molar-refractivity contribution in [3.05, 3.63) is 60.4 Å². The van der Waals surface area contributed by atoms with Crippen molar-refractivity contribution in [3.63, 3.8) is 0 Å². The van der Waals surface area contributed by atoms with Crippen molar-refractivity contribution in [2.45, 2.75) is 6.92 Å². The minimum Gasteiger partial charge on any atom is -0.167 e. The molecular formula is C12H12N+. The van der Waals surface area contributed by atoms with Gasteiger partial charge in [-0.3, -0.25) is 0 Å². The average Bonchev–Trinajstić information content (AvgIpc) is 2.20. The summed E-state index contributed by atoms with van der Waals surface area (Å²) < 4.78 is 2.10. The molecule has 0 unspecified atom stereocenters. The van der Waals surface area contributed by atoms with Gasteiger partial charge >= 0.3 is 0 Å². The first-order chi connectivity index (χ1) is 6.36. The molecule has 0 aliphatic carbocycles. The van der Waals surface area contributed by atoms with Gasteiger partial charge in [0.15, 0.2) is 12.4 Å². The van der Waals surface area contributed by atoms with Crippen molar-refractivity contribution < 1.29 is 4.57 Å². The molecule has 0 atom stereocenters. The second-order valence-corrected chi connectivity index (χ2v) is 3.12. The number of nitrogens with zero attached hydrogens (tertiary/aromatic N) is 1. The minimum atomic E-state index is 1.20. The van der Waals surface area contributed by atoms with E-state index in [1.54, 1.807) is 0 Å². The van der Waals surface area contributed by atoms with Crippen molar-refractivity contribution in [1.82, 2.24) is 0 Å². The Hall–Kier alpha value is -1.63. The van der Waals surface area contributed by atoms with Crippen molar-refractivity contribution in [1.29, 1.82) is 0 Å². The molecule has 0 N–H and O–H groups in total. The van der Waals surface area contributed by atoms with Crippen molar-refractivity contribution in [2.24, 2.45) is 0 Å². The van der Waals surface area contributed by atoms with Crippen LogP contribution in [0.4, 0.5) is 0 Å². The summed E-state index contributed by atoms with van der Waals surface area (Å²) in [6, 6.07) is 14.6. The van der Waals surface area contributed by atoms with Gasteiger partial charge in [0, 0.05) is 24.3 Å². The molecule has 13 heavy (non-hydrogen) atoms. The maximum absolute atomic E-state index is 2.12. The summed E-state index contributed by atoms with van der Waals surface area (Å²) in [7, 11) is 0. The lowest BCUT2D eigenvalue weighted by atomic mass is 10.2. The lowest BCUT2D eigenvalue weighted by Gasteiger charge is -1.94. The summed E-state index contributed by atoms with van der Waals surface area (Å²) in [5.74, 6) is 0. The third kappa shape index (κ3) is 1.75. The number of aryl methyl sites for hydroxylation is 1. The molecule has 0 bridgehead atoms. The number of hydrogen-bond donors (Lipinski definition) is 0. The second kappa shape index (κ2) is 3.40. The molecular weight excluding hydrogens is 158 g/mol. The van der Waals surface area contributed by atoms with Crippen LogP contribution in [0.25, 0.3) is 5.69 Å². The standard InChI is InChI=1S/C12H12N/c1-11-5-7-12(8-6-11)13-9-3-2-4-10-13/h2-10H,1H3/q+1. The molecule has 0 aliphatic rings. The van der Waals surface area contributed by atoms with E-state index in [0.717, 1.165) is 0 Å². The highest BCUT2D eigenvalue weighted by Crippen LogP contribution is 2.01. The highest BCUT2D eigenvalue weighted by atomic mass is 14.9. The van der Waals surface area contributed by atoms with Crippen LogP contribution >= 0.6 is 0 Å². The molecule has 0 radical (unpaired) electrons. The van der Waals surface area contributed by atoms with Gasteiger partial charge in [0.25, 0.3) is 0 Å². The lowest BCUT2D eigenvalue weighted by molar-refractivity contribution is -0.595. The fraction of sp³-hybridized carbons (Fsp3) is 0.0833. The van der Waals surface area contributed by atoms with Crippen LogP contribution in [0, 0.1) is 6.92 Å². The summed E-state index contributed by atoms with van der Waals surface area (Å²) in [4.78, 5) is 0. The van der Waals surface area contributed by atoms with E-state index in [-0.39, 0.29) is 0 Å². The number of hydrogen-bond acceptors (Lipinski definition) is 0. The third-order valence-electron chi connectivity index (χ3n) is 2.05. The van der Waals surface area contributed by atoms with Crippen LogP contribution in [-0.2, 0) is 0 Å². The molecule has 0 saturated heterocycles. The van der Waals surface area contributed by atoms with E-state index in [1.807, 2.05) is 30.6 Å². The molecule has 2 rings (SSSR count). The number of pyridine rings is 1. The van der Waals surface area contributed by atoms with E-state index in [4.69, 9.17) is 0 Å². The van der Waals surface area contributed by atoms with Gasteiger partial charge in [0.05, 0.1) is 0 Å². The second-order valence-electron chi connectivity index (χ2n) is 3.12. The number of aromatic nitrogens is 1. The topological polar surface area (TPSA) is 3.88 Å². The Morgan fingerprint density at radius 1 is 0.846 bits per heavy atom. The van der Waals surface area contributed by atoms with Crippen molar-refractivity contribution in [2.75, 3.05) is 0 Å². The fourth-order valence-corrected chi connectivity index (χ4v) is 1.29. The van der Waals surface area contributed by atoms with Crippen LogP contribution in [0.3, 0.4) is 0 Å². The maximum atomic E-state index is 2.12. The first-order valence-electron chi connectivity index (χ1n) is 4.39. The monoisotopic (exact) mass is 170 g/mol. The van der Waals surface area contributed by atoms with Gasteiger partial charge in [-0.05, 0) is 6.92 Å². The summed E-state index contributed by atoms with van der Waals surface area (Å²) in [6.07, 6.45) is 4.09. The average molecular weight is 170 g/mol. The predicted molar refractivity (Wildman–Crippen MR) is 52.7 cm³/mol. The van der Waals surface area contributed by atoms with Gasteiger partial charge in [0.1, 0.15) is 0 Å². The highest BCUT2D eigenvalue weighted by Gasteiger charge is 2.01. The van der Waals surface area contributed by atoms with Crippen LogP contribution in [-0.4, -0.2) is 0 Å². The quantitative estimate of drug-likeness (QED) is 0.578. The van der Waals surface area contributed by atoms with Crippen molar-refractivity contribution >= 4 is 0 Å². The van der Waals surface area contributed by atoms with Crippen LogP contribution in [0.2, 0.25) is 0 Å². The first-order valence-corrected chi connectivity index (χ1v) is 4.39. The van der Waals surface area contributed by atoms with Gasteiger partial charge < -0.3 is 0 Å². The van der Waals surface area contributed by atoms with Crippen LogP contribution in [0.1, 0.15) is 5.56 Å². The smallest absolute Gasteiger partial charge is 0.167 e. The van der Waals surface area contributed by atoms with Gasteiger partial charge in [-0.15, -0.1) is 0 Å². The zero-order chi connectivity index (χ0) is 9.10. The largest absolute Gasteiger partial charge is 0.210 e. The Morgan fingerprint density at radius 3 is 2.08 bits per heavy atom. The highest BCUT2D eigenvalue weighted by molar-refractivity contribution is 5.26. The Bertz CT molecular complexity index is 376. The Kier molecular flexibility index (Phi) is 2.09. The van der Waals surface area contributed by atoms with E-state index >= 15 is 0 Å². The Balaban J connectivity index is 2.42. The molecule has 2 aromatic rings. The molecule has 1 nitrogen and oxygen atoms in total. The summed E-state index contributed by atoms with van der Waals surface area (Å²) in [6.45, 7) is 2.10. The Morgan fingerprint density at radius 2 is 1.46 bits per heavy atom. The normalized spacial score (nSPS) is 9.92. The SMILES string of the molecule is Cc1ccc(-[n+]2ccccc2)cc1. The van der Waals surface area contributed by atoms with E-state index in [2.05, 4.69) is 35.8 Å². The molecule has 0 aliphatic heterocycles. The summed E-state index contributed by atoms with van der Waals surface area (Å²) in [5.41, 5.74) is 2.49. The minimum absolute atomic E-state index is 1.20. The number of benzene rings is 1. The first kappa shape index (κ1) is 7.99. The molecule has 0 amide bonds. The van der Waals surface area contributed by atoms with Crippen LogP contribution in [0.5, 0.6) is 0 Å². The molecule has 1 aromatic heterocycles. The zero-order valence-electron chi connectivity index (χ0n) is 7.64. The van der Waals surface area contributed by atoms with E-state index < -0.39 is 0 Å². The van der Waals surface area contributed by atoms with Gasteiger partial charge in [0.2, 0.25) is 5.69 Å². The maximum Gasteiger partial charge on any atom is 0.210 e. The van der Waals surface area contributed by atoms with E-state index in [0.29, 0.717) is 0 Å². The van der Waals surface area contributed by atoms with Crippen molar-refractivity contribution in [3.8, 4) is 5.69 Å².